The molecule has 11 heteroatoms. The van der Waals surface area contributed by atoms with E-state index >= 15 is 0 Å². The number of amides is 3. The van der Waals surface area contributed by atoms with Crippen LogP contribution in [0.2, 0.25) is 0 Å². The first-order valence-corrected chi connectivity index (χ1v) is 16.4. The number of nitro groups is 1. The Bertz CT molecular complexity index is 1970. The average molecular weight is 722 g/mol. The first-order valence-electron chi connectivity index (χ1n) is 14.7. The van der Waals surface area contributed by atoms with Crippen LogP contribution in [0.4, 0.5) is 17.1 Å². The highest BCUT2D eigenvalue weighted by Crippen LogP contribution is 2.37. The molecule has 0 bridgehead atoms. The predicted molar refractivity (Wildman–Crippen MR) is 193 cm³/mol. The van der Waals surface area contributed by atoms with Crippen LogP contribution in [0.15, 0.2) is 142 Å². The van der Waals surface area contributed by atoms with E-state index in [-0.39, 0.29) is 17.3 Å². The van der Waals surface area contributed by atoms with Gasteiger partial charge in [-0.25, -0.2) is 0 Å². The Morgan fingerprint density at radius 1 is 0.812 bits per heavy atom. The van der Waals surface area contributed by atoms with Gasteiger partial charge in [-0.1, -0.05) is 82.7 Å². The van der Waals surface area contributed by atoms with Crippen LogP contribution < -0.4 is 16.0 Å². The van der Waals surface area contributed by atoms with Gasteiger partial charge in [0.05, 0.1) is 10.6 Å². The van der Waals surface area contributed by atoms with E-state index in [0.29, 0.717) is 28.1 Å². The van der Waals surface area contributed by atoms with Crippen molar-refractivity contribution in [2.75, 3.05) is 10.6 Å². The number of hydrogen-bond donors (Lipinski definition) is 3. The molecule has 0 aliphatic heterocycles. The Hall–Kier alpha value is -5.52. The van der Waals surface area contributed by atoms with Gasteiger partial charge in [0.25, 0.3) is 17.5 Å². The van der Waals surface area contributed by atoms with Crippen LogP contribution in [0.5, 0.6) is 0 Å². The van der Waals surface area contributed by atoms with Crippen molar-refractivity contribution in [1.82, 2.24) is 5.32 Å². The number of carbonyl (C=O) groups excluding carboxylic acids is 3. The molecule has 5 aromatic carbocycles. The molecule has 240 valence electrons. The van der Waals surface area contributed by atoms with Gasteiger partial charge in [-0.15, -0.1) is 11.8 Å². The van der Waals surface area contributed by atoms with Crippen molar-refractivity contribution in [3.05, 3.63) is 170 Å². The van der Waals surface area contributed by atoms with Crippen molar-refractivity contribution in [1.29, 1.82) is 0 Å². The van der Waals surface area contributed by atoms with Gasteiger partial charge in [0.1, 0.15) is 10.9 Å². The number of anilines is 2. The summed E-state index contributed by atoms with van der Waals surface area (Å²) in [5.74, 6) is -1.29. The standard InChI is InChI=1S/C37H29BrN4O5S/c1-24-12-19-30(42(46)47)23-32(24)40-37(45)34(26-8-4-2-5-9-26)48-31-20-17-29(18-21-31)39-36(44)33(22-25-13-15-28(38)16-14-25)41-35(43)27-10-6-3-7-11-27/h2-23,34H,1H3,(H,39,44)(H,40,45)(H,41,43)/b33-22-. The second kappa shape index (κ2) is 15.9. The lowest BCUT2D eigenvalue weighted by Gasteiger charge is -2.18. The summed E-state index contributed by atoms with van der Waals surface area (Å²) >= 11 is 4.70. The zero-order valence-corrected chi connectivity index (χ0v) is 28.0. The lowest BCUT2D eigenvalue weighted by atomic mass is 10.1. The van der Waals surface area contributed by atoms with Crippen molar-refractivity contribution >= 4 is 68.6 Å². The number of nitro benzene ring substituents is 1. The molecular formula is C37H29BrN4O5S. The number of carbonyl (C=O) groups is 3. The quantitative estimate of drug-likeness (QED) is 0.0543. The molecule has 0 aliphatic rings. The smallest absolute Gasteiger partial charge is 0.272 e. The highest BCUT2D eigenvalue weighted by atomic mass is 79.9. The largest absolute Gasteiger partial charge is 0.324 e. The minimum atomic E-state index is -0.682. The fraction of sp³-hybridized carbons (Fsp3) is 0.0541. The van der Waals surface area contributed by atoms with Crippen LogP contribution in [0.1, 0.15) is 32.3 Å². The number of thioether (sulfide) groups is 1. The topological polar surface area (TPSA) is 130 Å². The number of hydrogen-bond acceptors (Lipinski definition) is 6. The van der Waals surface area contributed by atoms with Crippen molar-refractivity contribution in [3.8, 4) is 0 Å². The molecule has 3 N–H and O–H groups in total. The number of aryl methyl sites for hydroxylation is 1. The average Bonchev–Trinajstić information content (AvgIpc) is 3.10. The molecule has 5 rings (SSSR count). The van der Waals surface area contributed by atoms with Crippen LogP contribution in [0, 0.1) is 17.0 Å². The first-order chi connectivity index (χ1) is 23.2. The van der Waals surface area contributed by atoms with Crippen LogP contribution in [-0.4, -0.2) is 22.6 Å². The van der Waals surface area contributed by atoms with Crippen molar-refractivity contribution < 1.29 is 19.3 Å². The maximum Gasteiger partial charge on any atom is 0.272 e. The zero-order chi connectivity index (χ0) is 34.0. The number of non-ortho nitro benzene ring substituents is 1. The molecular weight excluding hydrogens is 692 g/mol. The van der Waals surface area contributed by atoms with Crippen molar-refractivity contribution in [3.63, 3.8) is 0 Å². The molecule has 0 aromatic heterocycles. The summed E-state index contributed by atoms with van der Waals surface area (Å²) in [6.45, 7) is 1.77. The van der Waals surface area contributed by atoms with Gasteiger partial charge in [-0.2, -0.15) is 0 Å². The van der Waals surface area contributed by atoms with E-state index in [1.54, 1.807) is 73.7 Å². The second-order valence-electron chi connectivity index (χ2n) is 10.6. The molecule has 0 heterocycles. The van der Waals surface area contributed by atoms with Crippen LogP contribution >= 0.6 is 27.7 Å². The molecule has 48 heavy (non-hydrogen) atoms. The van der Waals surface area contributed by atoms with Crippen molar-refractivity contribution in [2.24, 2.45) is 0 Å². The number of nitrogens with one attached hydrogen (secondary N) is 3. The van der Waals surface area contributed by atoms with Crippen molar-refractivity contribution in [2.45, 2.75) is 17.1 Å². The van der Waals surface area contributed by atoms with Crippen LogP contribution in [0.25, 0.3) is 6.08 Å². The molecule has 0 saturated carbocycles. The van der Waals surface area contributed by atoms with E-state index in [0.717, 1.165) is 14.9 Å². The van der Waals surface area contributed by atoms with Gasteiger partial charge in [0, 0.05) is 32.8 Å². The normalized spacial score (nSPS) is 11.7. The third kappa shape index (κ3) is 9.05. The van der Waals surface area contributed by atoms with Gasteiger partial charge in [0.2, 0.25) is 5.91 Å². The number of rotatable bonds is 11. The summed E-state index contributed by atoms with van der Waals surface area (Å²) < 4.78 is 0.878. The monoisotopic (exact) mass is 720 g/mol. The van der Waals surface area contributed by atoms with E-state index in [1.165, 1.54) is 23.9 Å². The Morgan fingerprint density at radius 3 is 2.10 bits per heavy atom. The maximum absolute atomic E-state index is 13.6. The molecule has 9 nitrogen and oxygen atoms in total. The summed E-state index contributed by atoms with van der Waals surface area (Å²) in [6.07, 6.45) is 1.60. The zero-order valence-electron chi connectivity index (χ0n) is 25.6. The highest BCUT2D eigenvalue weighted by Gasteiger charge is 2.24. The minimum Gasteiger partial charge on any atom is -0.324 e. The fourth-order valence-electron chi connectivity index (χ4n) is 4.58. The summed E-state index contributed by atoms with van der Waals surface area (Å²) in [4.78, 5) is 51.6. The number of benzene rings is 5. The Morgan fingerprint density at radius 2 is 1.46 bits per heavy atom. The lowest BCUT2D eigenvalue weighted by molar-refractivity contribution is -0.384. The molecule has 0 fully saturated rings. The molecule has 5 aromatic rings. The van der Waals surface area contributed by atoms with Gasteiger partial charge in [0.15, 0.2) is 0 Å². The van der Waals surface area contributed by atoms with E-state index in [9.17, 15) is 24.5 Å². The van der Waals surface area contributed by atoms with Gasteiger partial charge < -0.3 is 16.0 Å². The van der Waals surface area contributed by atoms with Crippen LogP contribution in [-0.2, 0) is 9.59 Å². The minimum absolute atomic E-state index is 0.0573. The molecule has 1 unspecified atom stereocenters. The van der Waals surface area contributed by atoms with Gasteiger partial charge in [-0.3, -0.25) is 24.5 Å². The summed E-state index contributed by atoms with van der Waals surface area (Å²) in [6, 6.07) is 36.5. The van der Waals surface area contributed by atoms with Gasteiger partial charge >= 0.3 is 0 Å². The predicted octanol–water partition coefficient (Wildman–Crippen LogP) is 8.55. The Labute approximate surface area is 289 Å². The molecule has 0 aliphatic carbocycles. The van der Waals surface area contributed by atoms with E-state index < -0.39 is 22.0 Å². The molecule has 0 radical (unpaired) electrons. The van der Waals surface area contributed by atoms with Crippen LogP contribution in [0.3, 0.4) is 0 Å². The maximum atomic E-state index is 13.6. The summed E-state index contributed by atoms with van der Waals surface area (Å²) in [7, 11) is 0. The Kier molecular flexibility index (Phi) is 11.2. The fourth-order valence-corrected chi connectivity index (χ4v) is 5.87. The summed E-state index contributed by atoms with van der Waals surface area (Å²) in [5, 5.41) is 19.1. The number of nitrogens with zero attached hydrogens (tertiary/aromatic N) is 1. The van der Waals surface area contributed by atoms with E-state index in [4.69, 9.17) is 0 Å². The second-order valence-corrected chi connectivity index (χ2v) is 12.7. The lowest BCUT2D eigenvalue weighted by Crippen LogP contribution is -2.30. The molecule has 1 atom stereocenters. The molecule has 3 amide bonds. The third-order valence-corrected chi connectivity index (χ3v) is 8.90. The van der Waals surface area contributed by atoms with E-state index in [1.807, 2.05) is 54.6 Å². The first kappa shape index (κ1) is 33.8. The van der Waals surface area contributed by atoms with Gasteiger partial charge in [-0.05, 0) is 78.2 Å². The third-order valence-electron chi connectivity index (χ3n) is 7.11. The summed E-state index contributed by atoms with van der Waals surface area (Å²) in [5.41, 5.74) is 3.35. The molecule has 0 spiro atoms. The number of halogens is 1. The Balaban J connectivity index is 1.34. The highest BCUT2D eigenvalue weighted by molar-refractivity contribution is 9.10. The molecule has 0 saturated heterocycles. The van der Waals surface area contributed by atoms with E-state index in [2.05, 4.69) is 31.9 Å². The SMILES string of the molecule is Cc1ccc([N+](=O)[O-])cc1NC(=O)C(Sc1ccc(NC(=O)/C(=C/c2ccc(Br)cc2)NC(=O)c2ccccc2)cc1)c1ccccc1.